The summed E-state index contributed by atoms with van der Waals surface area (Å²) in [5.74, 6) is -0.430. The second kappa shape index (κ2) is 6.23. The van der Waals surface area contributed by atoms with Crippen LogP contribution in [0.5, 0.6) is 0 Å². The van der Waals surface area contributed by atoms with Crippen molar-refractivity contribution in [3.63, 3.8) is 0 Å². The lowest BCUT2D eigenvalue weighted by molar-refractivity contribution is -0.147. The lowest BCUT2D eigenvalue weighted by Gasteiger charge is -2.36. The van der Waals surface area contributed by atoms with Crippen LogP contribution in [0.15, 0.2) is 0 Å². The summed E-state index contributed by atoms with van der Waals surface area (Å²) in [5.41, 5.74) is 0. The molecule has 2 aliphatic rings. The molecule has 2 fully saturated rings. The number of rotatable bonds is 3. The standard InChI is InChI=1S/C13H22N2O4/c1-14(8-10-4-2-3-5-10)13(18)15-6-7-19-9-11(15)12(16)17/h10-11H,2-9H2,1H3,(H,16,17). The van der Waals surface area contributed by atoms with Gasteiger partial charge in [-0.1, -0.05) is 12.8 Å². The molecule has 2 amide bonds. The second-order valence-corrected chi connectivity index (χ2v) is 5.44. The Kier molecular flexibility index (Phi) is 4.63. The molecule has 1 saturated heterocycles. The Hall–Kier alpha value is -1.30. The summed E-state index contributed by atoms with van der Waals surface area (Å²) in [7, 11) is 1.76. The van der Waals surface area contributed by atoms with Gasteiger partial charge in [0.1, 0.15) is 0 Å². The van der Waals surface area contributed by atoms with Crippen LogP contribution in [-0.4, -0.2) is 66.3 Å². The zero-order valence-corrected chi connectivity index (χ0v) is 11.4. The van der Waals surface area contributed by atoms with E-state index in [0.717, 1.165) is 6.54 Å². The number of aliphatic carboxylic acids is 1. The van der Waals surface area contributed by atoms with E-state index in [1.165, 1.54) is 30.6 Å². The highest BCUT2D eigenvalue weighted by Gasteiger charge is 2.34. The van der Waals surface area contributed by atoms with Gasteiger partial charge >= 0.3 is 12.0 Å². The molecule has 1 saturated carbocycles. The van der Waals surface area contributed by atoms with Crippen molar-refractivity contribution in [1.29, 1.82) is 0 Å². The van der Waals surface area contributed by atoms with Crippen LogP contribution in [-0.2, 0) is 9.53 Å². The molecule has 1 atom stereocenters. The molecule has 0 bridgehead atoms. The van der Waals surface area contributed by atoms with Gasteiger partial charge in [-0.3, -0.25) is 0 Å². The summed E-state index contributed by atoms with van der Waals surface area (Å²) in [4.78, 5) is 26.6. The third-order valence-electron chi connectivity index (χ3n) is 3.99. The Labute approximate surface area is 113 Å². The predicted octanol–water partition coefficient (Wildman–Crippen LogP) is 1.01. The summed E-state index contributed by atoms with van der Waals surface area (Å²) in [6.07, 6.45) is 4.82. The van der Waals surface area contributed by atoms with E-state index in [9.17, 15) is 9.59 Å². The first-order valence-corrected chi connectivity index (χ1v) is 6.92. The molecule has 1 aliphatic heterocycles. The van der Waals surface area contributed by atoms with Gasteiger partial charge in [0.2, 0.25) is 0 Å². The van der Waals surface area contributed by atoms with Crippen molar-refractivity contribution >= 4 is 12.0 Å². The van der Waals surface area contributed by atoms with Crippen molar-refractivity contribution in [3.8, 4) is 0 Å². The maximum atomic E-state index is 12.3. The lowest BCUT2D eigenvalue weighted by atomic mass is 10.1. The first-order valence-electron chi connectivity index (χ1n) is 6.92. The SMILES string of the molecule is CN(CC1CCCC1)C(=O)N1CCOCC1C(=O)O. The highest BCUT2D eigenvalue weighted by molar-refractivity contribution is 5.83. The van der Waals surface area contributed by atoms with Gasteiger partial charge in [0, 0.05) is 20.1 Å². The fourth-order valence-corrected chi connectivity index (χ4v) is 2.91. The summed E-state index contributed by atoms with van der Waals surface area (Å²) in [6.45, 7) is 1.57. The van der Waals surface area contributed by atoms with E-state index in [4.69, 9.17) is 9.84 Å². The second-order valence-electron chi connectivity index (χ2n) is 5.44. The number of nitrogens with zero attached hydrogens (tertiary/aromatic N) is 2. The van der Waals surface area contributed by atoms with E-state index in [-0.39, 0.29) is 12.6 Å². The van der Waals surface area contributed by atoms with Crippen molar-refractivity contribution in [3.05, 3.63) is 0 Å². The van der Waals surface area contributed by atoms with Crippen molar-refractivity contribution < 1.29 is 19.4 Å². The van der Waals surface area contributed by atoms with Crippen LogP contribution in [0.3, 0.4) is 0 Å². The van der Waals surface area contributed by atoms with Crippen molar-refractivity contribution in [2.24, 2.45) is 5.92 Å². The quantitative estimate of drug-likeness (QED) is 0.831. The highest BCUT2D eigenvalue weighted by Crippen LogP contribution is 2.25. The minimum atomic E-state index is -0.998. The predicted molar refractivity (Wildman–Crippen MR) is 68.9 cm³/mol. The van der Waals surface area contributed by atoms with E-state index >= 15 is 0 Å². The van der Waals surface area contributed by atoms with E-state index in [0.29, 0.717) is 19.1 Å². The fraction of sp³-hybridized carbons (Fsp3) is 0.846. The van der Waals surface area contributed by atoms with Crippen LogP contribution in [0.1, 0.15) is 25.7 Å². The van der Waals surface area contributed by atoms with Crippen LogP contribution in [0, 0.1) is 5.92 Å². The number of morpholine rings is 1. The molecule has 108 valence electrons. The van der Waals surface area contributed by atoms with Crippen molar-refractivity contribution in [1.82, 2.24) is 9.80 Å². The summed E-state index contributed by atoms with van der Waals surface area (Å²) < 4.78 is 5.14. The number of amides is 2. The Morgan fingerprint density at radius 3 is 2.68 bits per heavy atom. The fourth-order valence-electron chi connectivity index (χ4n) is 2.91. The first kappa shape index (κ1) is 14.1. The normalized spacial score (nSPS) is 24.5. The van der Waals surface area contributed by atoms with E-state index in [1.807, 2.05) is 0 Å². The van der Waals surface area contributed by atoms with Crippen LogP contribution >= 0.6 is 0 Å². The first-order chi connectivity index (χ1) is 9.09. The Balaban J connectivity index is 1.93. The average molecular weight is 270 g/mol. The molecule has 0 aromatic carbocycles. The zero-order chi connectivity index (χ0) is 13.8. The molecule has 6 heteroatoms. The third-order valence-corrected chi connectivity index (χ3v) is 3.99. The molecule has 1 aliphatic carbocycles. The molecule has 0 spiro atoms. The molecule has 6 nitrogen and oxygen atoms in total. The Morgan fingerprint density at radius 2 is 2.05 bits per heavy atom. The summed E-state index contributed by atoms with van der Waals surface area (Å²) in [6, 6.07) is -1.05. The lowest BCUT2D eigenvalue weighted by Crippen LogP contribution is -2.56. The molecule has 19 heavy (non-hydrogen) atoms. The molecule has 0 aromatic rings. The topological polar surface area (TPSA) is 70.1 Å². The Bertz CT molecular complexity index is 342. The third kappa shape index (κ3) is 3.37. The van der Waals surface area contributed by atoms with Gasteiger partial charge in [-0.25, -0.2) is 9.59 Å². The van der Waals surface area contributed by atoms with Gasteiger partial charge in [-0.2, -0.15) is 0 Å². The van der Waals surface area contributed by atoms with Crippen LogP contribution in [0.4, 0.5) is 4.79 Å². The van der Waals surface area contributed by atoms with E-state index < -0.39 is 12.0 Å². The minimum absolute atomic E-state index is 0.0817. The van der Waals surface area contributed by atoms with Crippen LogP contribution in [0.25, 0.3) is 0 Å². The molecule has 0 radical (unpaired) electrons. The van der Waals surface area contributed by atoms with E-state index in [2.05, 4.69) is 0 Å². The number of carbonyl (C=O) groups excluding carboxylic acids is 1. The summed E-state index contributed by atoms with van der Waals surface area (Å²) in [5, 5.41) is 9.13. The van der Waals surface area contributed by atoms with Gasteiger partial charge in [-0.05, 0) is 18.8 Å². The largest absolute Gasteiger partial charge is 0.480 e. The van der Waals surface area contributed by atoms with Gasteiger partial charge in [0.05, 0.1) is 13.2 Å². The Morgan fingerprint density at radius 1 is 1.37 bits per heavy atom. The van der Waals surface area contributed by atoms with Crippen LogP contribution in [0.2, 0.25) is 0 Å². The minimum Gasteiger partial charge on any atom is -0.480 e. The number of carbonyl (C=O) groups is 2. The number of ether oxygens (including phenoxy) is 1. The number of hydrogen-bond donors (Lipinski definition) is 1. The maximum absolute atomic E-state index is 12.3. The maximum Gasteiger partial charge on any atom is 0.328 e. The van der Waals surface area contributed by atoms with Crippen molar-refractivity contribution in [2.45, 2.75) is 31.7 Å². The van der Waals surface area contributed by atoms with Gasteiger partial charge in [-0.15, -0.1) is 0 Å². The van der Waals surface area contributed by atoms with Gasteiger partial charge in [0.15, 0.2) is 6.04 Å². The molecule has 0 aromatic heterocycles. The smallest absolute Gasteiger partial charge is 0.328 e. The highest BCUT2D eigenvalue weighted by atomic mass is 16.5. The average Bonchev–Trinajstić information content (AvgIpc) is 2.90. The molecule has 2 rings (SSSR count). The molecule has 1 N–H and O–H groups in total. The number of urea groups is 1. The van der Waals surface area contributed by atoms with E-state index in [1.54, 1.807) is 11.9 Å². The van der Waals surface area contributed by atoms with Gasteiger partial charge < -0.3 is 19.6 Å². The number of carboxylic acids is 1. The molecule has 1 heterocycles. The number of carboxylic acid groups (broad SMARTS) is 1. The van der Waals surface area contributed by atoms with Crippen LogP contribution < -0.4 is 0 Å². The van der Waals surface area contributed by atoms with Crippen molar-refractivity contribution in [2.75, 3.05) is 33.4 Å². The summed E-state index contributed by atoms with van der Waals surface area (Å²) >= 11 is 0. The molecular weight excluding hydrogens is 248 g/mol. The number of hydrogen-bond acceptors (Lipinski definition) is 3. The van der Waals surface area contributed by atoms with Gasteiger partial charge in [0.25, 0.3) is 0 Å². The zero-order valence-electron chi connectivity index (χ0n) is 11.4. The monoisotopic (exact) mass is 270 g/mol. The molecule has 1 unspecified atom stereocenters. The molecular formula is C13H22N2O4.